The number of hydrogen-bond donors (Lipinski definition) is 1. The minimum Gasteiger partial charge on any atom is -0.477 e. The second kappa shape index (κ2) is 7.11. The molecule has 22 heavy (non-hydrogen) atoms. The highest BCUT2D eigenvalue weighted by molar-refractivity contribution is 9.12. The Morgan fingerprint density at radius 2 is 2.27 bits per heavy atom. The van der Waals surface area contributed by atoms with Gasteiger partial charge in [0.05, 0.1) is 5.03 Å². The number of hydrazone groups is 1. The SMILES string of the molecule is CCCCC1N2C=CC=C(Cl)C2=NN1C(=O)/C=C(\Br)C(=O)O. The molecule has 2 aliphatic heterocycles. The second-order valence-electron chi connectivity index (χ2n) is 4.79. The van der Waals surface area contributed by atoms with E-state index in [4.69, 9.17) is 16.7 Å². The van der Waals surface area contributed by atoms with Crippen molar-refractivity contribution in [3.05, 3.63) is 33.9 Å². The van der Waals surface area contributed by atoms with Crippen LogP contribution in [0.4, 0.5) is 0 Å². The van der Waals surface area contributed by atoms with Gasteiger partial charge in [0.2, 0.25) is 0 Å². The van der Waals surface area contributed by atoms with Crippen LogP contribution in [-0.4, -0.2) is 38.9 Å². The molecule has 0 aromatic rings. The number of carboxylic acids is 1. The molecule has 0 aromatic heterocycles. The Morgan fingerprint density at radius 1 is 1.55 bits per heavy atom. The van der Waals surface area contributed by atoms with Crippen molar-refractivity contribution in [1.82, 2.24) is 9.91 Å². The summed E-state index contributed by atoms with van der Waals surface area (Å²) in [6.07, 6.45) is 8.60. The van der Waals surface area contributed by atoms with Crippen molar-refractivity contribution < 1.29 is 14.7 Å². The first kappa shape index (κ1) is 16.8. The first-order valence-electron chi connectivity index (χ1n) is 6.80. The van der Waals surface area contributed by atoms with E-state index in [-0.39, 0.29) is 10.6 Å². The molecule has 1 unspecified atom stereocenters. The van der Waals surface area contributed by atoms with E-state index in [0.29, 0.717) is 17.3 Å². The molecule has 0 bridgehead atoms. The molecule has 2 rings (SSSR count). The number of carbonyl (C=O) groups excluding carboxylic acids is 1. The quantitative estimate of drug-likeness (QED) is 0.735. The van der Waals surface area contributed by atoms with E-state index in [1.54, 1.807) is 12.2 Å². The van der Waals surface area contributed by atoms with Crippen LogP contribution in [-0.2, 0) is 9.59 Å². The van der Waals surface area contributed by atoms with Crippen LogP contribution in [0.15, 0.2) is 39.0 Å². The molecule has 6 nitrogen and oxygen atoms in total. The van der Waals surface area contributed by atoms with E-state index in [0.717, 1.165) is 18.9 Å². The van der Waals surface area contributed by atoms with Gasteiger partial charge >= 0.3 is 5.97 Å². The lowest BCUT2D eigenvalue weighted by molar-refractivity contribution is -0.133. The topological polar surface area (TPSA) is 73.2 Å². The Labute approximate surface area is 141 Å². The lowest BCUT2D eigenvalue weighted by atomic mass is 10.2. The monoisotopic (exact) mass is 387 g/mol. The number of hydrogen-bond acceptors (Lipinski definition) is 4. The molecule has 118 valence electrons. The molecule has 8 heteroatoms. The summed E-state index contributed by atoms with van der Waals surface area (Å²) in [5, 5.41) is 14.8. The van der Waals surface area contributed by atoms with Gasteiger partial charge in [-0.15, -0.1) is 5.10 Å². The summed E-state index contributed by atoms with van der Waals surface area (Å²) in [7, 11) is 0. The molecule has 0 aromatic carbocycles. The Bertz CT molecular complexity index is 612. The number of aliphatic carboxylic acids is 1. The highest BCUT2D eigenvalue weighted by Gasteiger charge is 2.37. The summed E-state index contributed by atoms with van der Waals surface area (Å²) < 4.78 is -0.214. The standard InChI is InChI=1S/C14H15BrClN3O3/c1-2-3-6-11-18-7-4-5-10(16)13(18)17-19(11)12(20)8-9(15)14(21)22/h4-5,7-8,11H,2-3,6H2,1H3,(H,21,22)/b9-8-. The lowest BCUT2D eigenvalue weighted by Gasteiger charge is -2.28. The number of halogens is 2. The van der Waals surface area contributed by atoms with Gasteiger partial charge in [-0.3, -0.25) is 4.79 Å². The number of amidine groups is 1. The summed E-state index contributed by atoms with van der Waals surface area (Å²) in [6.45, 7) is 2.06. The van der Waals surface area contributed by atoms with Crippen LogP contribution in [0, 0.1) is 0 Å². The molecular weight excluding hydrogens is 374 g/mol. The summed E-state index contributed by atoms with van der Waals surface area (Å²) in [5.74, 6) is -1.21. The number of amides is 1. The van der Waals surface area contributed by atoms with Crippen molar-refractivity contribution >= 4 is 45.2 Å². The Morgan fingerprint density at radius 3 is 2.91 bits per heavy atom. The van der Waals surface area contributed by atoms with Crippen molar-refractivity contribution in [2.24, 2.45) is 5.10 Å². The normalized spacial score (nSPS) is 20.7. The average molecular weight is 389 g/mol. The average Bonchev–Trinajstić information content (AvgIpc) is 2.85. The molecule has 0 saturated carbocycles. The van der Waals surface area contributed by atoms with Crippen LogP contribution in [0.2, 0.25) is 0 Å². The van der Waals surface area contributed by atoms with Crippen LogP contribution < -0.4 is 0 Å². The number of allylic oxidation sites excluding steroid dienone is 2. The lowest BCUT2D eigenvalue weighted by Crippen LogP contribution is -2.41. The van der Waals surface area contributed by atoms with Gasteiger partial charge in [0, 0.05) is 12.3 Å². The Kier molecular flexibility index (Phi) is 5.42. The third kappa shape index (κ3) is 3.41. The maximum absolute atomic E-state index is 12.3. The van der Waals surface area contributed by atoms with Crippen molar-refractivity contribution in [1.29, 1.82) is 0 Å². The number of nitrogens with zero attached hydrogens (tertiary/aromatic N) is 3. The summed E-state index contributed by atoms with van der Waals surface area (Å²) in [5.41, 5.74) is 0. The zero-order valence-corrected chi connectivity index (χ0v) is 14.2. The minimum atomic E-state index is -1.21. The molecule has 1 amide bonds. The van der Waals surface area contributed by atoms with Crippen molar-refractivity contribution in [2.75, 3.05) is 0 Å². The van der Waals surface area contributed by atoms with Gasteiger partial charge < -0.3 is 10.0 Å². The van der Waals surface area contributed by atoms with Crippen LogP contribution in [0.5, 0.6) is 0 Å². The van der Waals surface area contributed by atoms with E-state index < -0.39 is 11.9 Å². The molecule has 1 N–H and O–H groups in total. The van der Waals surface area contributed by atoms with Crippen LogP contribution in [0.3, 0.4) is 0 Å². The number of carboxylic acid groups (broad SMARTS) is 1. The first-order chi connectivity index (χ1) is 10.5. The third-order valence-electron chi connectivity index (χ3n) is 3.25. The van der Waals surface area contributed by atoms with Crippen LogP contribution in [0.1, 0.15) is 26.2 Å². The van der Waals surface area contributed by atoms with E-state index in [2.05, 4.69) is 28.0 Å². The van der Waals surface area contributed by atoms with Crippen molar-refractivity contribution in [3.8, 4) is 0 Å². The van der Waals surface area contributed by atoms with Gasteiger partial charge in [-0.1, -0.05) is 24.9 Å². The first-order valence-corrected chi connectivity index (χ1v) is 7.97. The Balaban J connectivity index is 2.29. The zero-order chi connectivity index (χ0) is 16.3. The van der Waals surface area contributed by atoms with Crippen molar-refractivity contribution in [2.45, 2.75) is 32.4 Å². The number of rotatable bonds is 5. The zero-order valence-electron chi connectivity index (χ0n) is 11.9. The van der Waals surface area contributed by atoms with Gasteiger partial charge in [0.25, 0.3) is 5.91 Å². The smallest absolute Gasteiger partial charge is 0.342 e. The van der Waals surface area contributed by atoms with E-state index in [9.17, 15) is 9.59 Å². The number of unbranched alkanes of at least 4 members (excludes halogenated alkanes) is 1. The minimum absolute atomic E-state index is 0.214. The molecular formula is C14H15BrClN3O3. The van der Waals surface area contributed by atoms with Crippen molar-refractivity contribution in [3.63, 3.8) is 0 Å². The van der Waals surface area contributed by atoms with Gasteiger partial charge in [-0.05, 0) is 40.9 Å². The van der Waals surface area contributed by atoms with Gasteiger partial charge in [-0.25, -0.2) is 9.80 Å². The number of fused-ring (bicyclic) bond motifs is 1. The third-order valence-corrected chi connectivity index (χ3v) is 4.11. The molecule has 2 aliphatic rings. The van der Waals surface area contributed by atoms with E-state index >= 15 is 0 Å². The van der Waals surface area contributed by atoms with Crippen LogP contribution >= 0.6 is 27.5 Å². The van der Waals surface area contributed by atoms with Gasteiger partial charge in [0.15, 0.2) is 5.84 Å². The second-order valence-corrected chi connectivity index (χ2v) is 6.05. The molecule has 0 radical (unpaired) electrons. The molecule has 0 spiro atoms. The van der Waals surface area contributed by atoms with Gasteiger partial charge in [0.1, 0.15) is 10.6 Å². The predicted molar refractivity (Wildman–Crippen MR) is 87.2 cm³/mol. The fourth-order valence-electron chi connectivity index (χ4n) is 2.20. The highest BCUT2D eigenvalue weighted by Crippen LogP contribution is 2.29. The summed E-state index contributed by atoms with van der Waals surface area (Å²) >= 11 is 8.98. The maximum atomic E-state index is 12.3. The highest BCUT2D eigenvalue weighted by atomic mass is 79.9. The molecule has 0 saturated heterocycles. The molecule has 0 fully saturated rings. The fraction of sp³-hybridized carbons (Fsp3) is 0.357. The van der Waals surface area contributed by atoms with Crippen LogP contribution in [0.25, 0.3) is 0 Å². The molecule has 2 heterocycles. The van der Waals surface area contributed by atoms with E-state index in [1.807, 2.05) is 11.1 Å². The van der Waals surface area contributed by atoms with E-state index in [1.165, 1.54) is 5.01 Å². The largest absolute Gasteiger partial charge is 0.477 e. The fourth-order valence-corrected chi connectivity index (χ4v) is 2.60. The molecule has 1 atom stereocenters. The predicted octanol–water partition coefficient (Wildman–Crippen LogP) is 2.97. The van der Waals surface area contributed by atoms with Gasteiger partial charge in [-0.2, -0.15) is 0 Å². The number of carbonyl (C=O) groups is 2. The summed E-state index contributed by atoms with van der Waals surface area (Å²) in [4.78, 5) is 25.0. The summed E-state index contributed by atoms with van der Waals surface area (Å²) in [6, 6.07) is 0. The molecule has 0 aliphatic carbocycles. The maximum Gasteiger partial charge on any atom is 0.342 e. The Hall–Kier alpha value is -1.60.